The Labute approximate surface area is 113 Å². The van der Waals surface area contributed by atoms with Crippen molar-refractivity contribution < 1.29 is 4.74 Å². The van der Waals surface area contributed by atoms with Crippen molar-refractivity contribution in [3.63, 3.8) is 0 Å². The van der Waals surface area contributed by atoms with E-state index in [0.717, 1.165) is 41.2 Å². The van der Waals surface area contributed by atoms with Crippen LogP contribution in [0.25, 0.3) is 10.9 Å². The fourth-order valence-corrected chi connectivity index (χ4v) is 2.85. The summed E-state index contributed by atoms with van der Waals surface area (Å²) in [6.07, 6.45) is 5.19. The van der Waals surface area contributed by atoms with Crippen molar-refractivity contribution in [2.75, 3.05) is 5.73 Å². The number of nitrogens with two attached hydrogens (primary N) is 1. The molecule has 1 aromatic heterocycles. The second-order valence-corrected chi connectivity index (χ2v) is 5.61. The van der Waals surface area contributed by atoms with Crippen LogP contribution in [0.1, 0.15) is 32.6 Å². The minimum atomic E-state index is 0.322. The number of aromatic nitrogens is 1. The summed E-state index contributed by atoms with van der Waals surface area (Å²) >= 11 is 0. The standard InChI is InChI=1S/C16H20N2O/c1-11-3-2-4-14(9-11)19-16-8-5-12-10-13(17)6-7-15(12)18-16/h5-8,10-11,14H,2-4,9,17H2,1H3. The molecule has 0 amide bonds. The maximum Gasteiger partial charge on any atom is 0.214 e. The Morgan fingerprint density at radius 3 is 2.95 bits per heavy atom. The average Bonchev–Trinajstić information content (AvgIpc) is 2.39. The lowest BCUT2D eigenvalue weighted by atomic mass is 9.89. The quantitative estimate of drug-likeness (QED) is 0.832. The van der Waals surface area contributed by atoms with Crippen LogP contribution in [-0.2, 0) is 0 Å². The number of nitrogen functional groups attached to an aromatic ring is 1. The molecule has 1 aliphatic rings. The lowest BCUT2D eigenvalue weighted by Crippen LogP contribution is -2.24. The number of hydrogen-bond donors (Lipinski definition) is 1. The van der Waals surface area contributed by atoms with Crippen LogP contribution in [0, 0.1) is 5.92 Å². The third kappa shape index (κ3) is 2.80. The molecule has 19 heavy (non-hydrogen) atoms. The molecule has 0 saturated heterocycles. The molecule has 1 heterocycles. The normalized spacial score (nSPS) is 23.4. The van der Waals surface area contributed by atoms with Gasteiger partial charge in [-0.1, -0.05) is 13.3 Å². The first-order valence-corrected chi connectivity index (χ1v) is 7.03. The first-order valence-electron chi connectivity index (χ1n) is 7.03. The Morgan fingerprint density at radius 1 is 1.21 bits per heavy atom. The topological polar surface area (TPSA) is 48.1 Å². The van der Waals surface area contributed by atoms with Gasteiger partial charge in [0.15, 0.2) is 0 Å². The zero-order valence-electron chi connectivity index (χ0n) is 11.3. The first-order chi connectivity index (χ1) is 9.20. The maximum absolute atomic E-state index is 6.02. The van der Waals surface area contributed by atoms with Gasteiger partial charge in [0.25, 0.3) is 0 Å². The zero-order chi connectivity index (χ0) is 13.2. The highest BCUT2D eigenvalue weighted by Crippen LogP contribution is 2.27. The van der Waals surface area contributed by atoms with E-state index >= 15 is 0 Å². The van der Waals surface area contributed by atoms with Crippen LogP contribution in [0.3, 0.4) is 0 Å². The summed E-state index contributed by atoms with van der Waals surface area (Å²) in [7, 11) is 0. The second kappa shape index (κ2) is 5.08. The third-order valence-corrected chi connectivity index (χ3v) is 3.86. The number of anilines is 1. The summed E-state index contributed by atoms with van der Waals surface area (Å²) < 4.78 is 6.02. The smallest absolute Gasteiger partial charge is 0.214 e. The number of rotatable bonds is 2. The predicted molar refractivity (Wildman–Crippen MR) is 78.2 cm³/mol. The fraction of sp³-hybridized carbons (Fsp3) is 0.438. The van der Waals surface area contributed by atoms with Gasteiger partial charge in [0.05, 0.1) is 5.52 Å². The molecule has 0 radical (unpaired) electrons. The molecular weight excluding hydrogens is 236 g/mol. The van der Waals surface area contributed by atoms with Crippen molar-refractivity contribution in [3.05, 3.63) is 30.3 Å². The van der Waals surface area contributed by atoms with E-state index in [9.17, 15) is 0 Å². The maximum atomic E-state index is 6.02. The van der Waals surface area contributed by atoms with Gasteiger partial charge in [0.2, 0.25) is 5.88 Å². The Balaban J connectivity index is 1.79. The number of fused-ring (bicyclic) bond motifs is 1. The molecule has 3 heteroatoms. The molecule has 1 fully saturated rings. The van der Waals surface area contributed by atoms with Crippen molar-refractivity contribution in [2.45, 2.75) is 38.7 Å². The average molecular weight is 256 g/mol. The fourth-order valence-electron chi connectivity index (χ4n) is 2.85. The van der Waals surface area contributed by atoms with Gasteiger partial charge < -0.3 is 10.5 Å². The zero-order valence-corrected chi connectivity index (χ0v) is 11.3. The highest BCUT2D eigenvalue weighted by atomic mass is 16.5. The molecule has 2 unspecified atom stereocenters. The van der Waals surface area contributed by atoms with E-state index in [2.05, 4.69) is 11.9 Å². The highest BCUT2D eigenvalue weighted by molar-refractivity contribution is 5.82. The molecular formula is C16H20N2O. The van der Waals surface area contributed by atoms with Crippen molar-refractivity contribution in [1.29, 1.82) is 0 Å². The lowest BCUT2D eigenvalue weighted by molar-refractivity contribution is 0.124. The predicted octanol–water partition coefficient (Wildman–Crippen LogP) is 3.77. The van der Waals surface area contributed by atoms with Crippen molar-refractivity contribution in [1.82, 2.24) is 4.98 Å². The molecule has 3 rings (SSSR count). The van der Waals surface area contributed by atoms with E-state index in [1.165, 1.54) is 12.8 Å². The van der Waals surface area contributed by atoms with Crippen LogP contribution in [0.5, 0.6) is 5.88 Å². The summed E-state index contributed by atoms with van der Waals surface area (Å²) in [4.78, 5) is 4.56. The minimum Gasteiger partial charge on any atom is -0.474 e. The summed E-state index contributed by atoms with van der Waals surface area (Å²) in [6, 6.07) is 9.74. The van der Waals surface area contributed by atoms with Crippen molar-refractivity contribution in [3.8, 4) is 5.88 Å². The van der Waals surface area contributed by atoms with Gasteiger partial charge in [-0.2, -0.15) is 0 Å². The summed E-state index contributed by atoms with van der Waals surface area (Å²) in [5.74, 6) is 1.50. The molecule has 1 aromatic carbocycles. The second-order valence-electron chi connectivity index (χ2n) is 5.61. The van der Waals surface area contributed by atoms with Gasteiger partial charge in [-0.25, -0.2) is 4.98 Å². The van der Waals surface area contributed by atoms with Gasteiger partial charge in [-0.15, -0.1) is 0 Å². The molecule has 1 aliphatic carbocycles. The number of nitrogens with zero attached hydrogens (tertiary/aromatic N) is 1. The van der Waals surface area contributed by atoms with Gasteiger partial charge >= 0.3 is 0 Å². The van der Waals surface area contributed by atoms with E-state index < -0.39 is 0 Å². The summed E-state index contributed by atoms with van der Waals surface area (Å²) in [5, 5.41) is 1.06. The SMILES string of the molecule is CC1CCCC(Oc2ccc3cc(N)ccc3n2)C1. The van der Waals surface area contributed by atoms with Crippen LogP contribution in [0.4, 0.5) is 5.69 Å². The van der Waals surface area contributed by atoms with Gasteiger partial charge in [-0.3, -0.25) is 0 Å². The number of benzene rings is 1. The van der Waals surface area contributed by atoms with Gasteiger partial charge in [-0.05, 0) is 49.4 Å². The number of hydrogen-bond acceptors (Lipinski definition) is 3. The van der Waals surface area contributed by atoms with E-state index in [1.807, 2.05) is 30.3 Å². The Bertz CT molecular complexity index is 582. The van der Waals surface area contributed by atoms with Gasteiger partial charge in [0, 0.05) is 17.1 Å². The molecule has 0 spiro atoms. The lowest BCUT2D eigenvalue weighted by Gasteiger charge is -2.26. The molecule has 0 bridgehead atoms. The van der Waals surface area contributed by atoms with E-state index in [0.29, 0.717) is 6.10 Å². The highest BCUT2D eigenvalue weighted by Gasteiger charge is 2.20. The first kappa shape index (κ1) is 12.3. The summed E-state index contributed by atoms with van der Waals surface area (Å²) in [6.45, 7) is 2.30. The number of ether oxygens (including phenoxy) is 1. The van der Waals surface area contributed by atoms with E-state index in [-0.39, 0.29) is 0 Å². The molecule has 1 saturated carbocycles. The van der Waals surface area contributed by atoms with Crippen molar-refractivity contribution >= 4 is 16.6 Å². The molecule has 100 valence electrons. The molecule has 2 aromatic rings. The third-order valence-electron chi connectivity index (χ3n) is 3.86. The van der Waals surface area contributed by atoms with E-state index in [4.69, 9.17) is 10.5 Å². The van der Waals surface area contributed by atoms with Crippen LogP contribution in [0.2, 0.25) is 0 Å². The monoisotopic (exact) mass is 256 g/mol. The number of pyridine rings is 1. The van der Waals surface area contributed by atoms with Crippen LogP contribution in [-0.4, -0.2) is 11.1 Å². The largest absolute Gasteiger partial charge is 0.474 e. The Morgan fingerprint density at radius 2 is 2.11 bits per heavy atom. The van der Waals surface area contributed by atoms with Gasteiger partial charge in [0.1, 0.15) is 6.10 Å². The molecule has 3 nitrogen and oxygen atoms in total. The van der Waals surface area contributed by atoms with Crippen LogP contribution in [0.15, 0.2) is 30.3 Å². The van der Waals surface area contributed by atoms with Crippen molar-refractivity contribution in [2.24, 2.45) is 5.92 Å². The molecule has 0 aliphatic heterocycles. The summed E-state index contributed by atoms with van der Waals surface area (Å²) in [5.41, 5.74) is 7.48. The van der Waals surface area contributed by atoms with Crippen LogP contribution < -0.4 is 10.5 Å². The van der Waals surface area contributed by atoms with Crippen LogP contribution >= 0.6 is 0 Å². The Hall–Kier alpha value is -1.77. The molecule has 2 N–H and O–H groups in total. The Kier molecular flexibility index (Phi) is 3.28. The minimum absolute atomic E-state index is 0.322. The van der Waals surface area contributed by atoms with E-state index in [1.54, 1.807) is 0 Å². The molecule has 2 atom stereocenters.